The van der Waals surface area contributed by atoms with Crippen molar-refractivity contribution in [3.05, 3.63) is 150 Å². The van der Waals surface area contributed by atoms with Gasteiger partial charge in [0.25, 0.3) is 0 Å². The minimum atomic E-state index is -0.125. The number of hydrogen-bond acceptors (Lipinski definition) is 1. The Bertz CT molecular complexity index is 2330. The van der Waals surface area contributed by atoms with E-state index in [1.54, 1.807) is 5.56 Å². The van der Waals surface area contributed by atoms with Crippen molar-refractivity contribution in [3.8, 4) is 22.3 Å². The fourth-order valence-corrected chi connectivity index (χ4v) is 12.8. The first-order valence-corrected chi connectivity index (χ1v) is 21.2. The van der Waals surface area contributed by atoms with Gasteiger partial charge in [0.2, 0.25) is 0 Å². The molecular formula is C53H53N. The van der Waals surface area contributed by atoms with E-state index in [0.29, 0.717) is 11.3 Å². The van der Waals surface area contributed by atoms with Crippen molar-refractivity contribution in [1.82, 2.24) is 0 Å². The van der Waals surface area contributed by atoms with Crippen LogP contribution >= 0.6 is 0 Å². The van der Waals surface area contributed by atoms with Crippen molar-refractivity contribution in [2.24, 2.45) is 17.8 Å². The van der Waals surface area contributed by atoms with E-state index in [2.05, 4.69) is 146 Å². The van der Waals surface area contributed by atoms with Crippen LogP contribution in [0.4, 0.5) is 17.1 Å². The molecular weight excluding hydrogens is 651 g/mol. The molecule has 6 aromatic rings. The predicted octanol–water partition coefficient (Wildman–Crippen LogP) is 14.8. The Hall–Kier alpha value is -4.62. The van der Waals surface area contributed by atoms with Crippen molar-refractivity contribution in [1.29, 1.82) is 0 Å². The van der Waals surface area contributed by atoms with Crippen molar-refractivity contribution in [2.75, 3.05) is 4.90 Å². The number of benzene rings is 6. The highest BCUT2D eigenvalue weighted by atomic mass is 15.1. The van der Waals surface area contributed by atoms with E-state index in [-0.39, 0.29) is 5.41 Å². The lowest BCUT2D eigenvalue weighted by Gasteiger charge is -2.57. The highest BCUT2D eigenvalue weighted by molar-refractivity contribution is 6.03. The Kier molecular flexibility index (Phi) is 7.56. The number of nitrogens with zero attached hydrogens (tertiary/aromatic N) is 1. The smallest absolute Gasteiger partial charge is 0.0465 e. The van der Waals surface area contributed by atoms with Gasteiger partial charge in [-0.3, -0.25) is 0 Å². The zero-order chi connectivity index (χ0) is 36.0. The van der Waals surface area contributed by atoms with E-state index in [1.165, 1.54) is 137 Å². The SMILES string of the molecule is CC1(C)c2cc(N(c3ccc(C4CCCCC4)cc3)c3ccc(C45CC6CC(CC(C6)C4)C5)cc3)ccc2-c2c(-c3cccc4ccccc34)cccc21. The van der Waals surface area contributed by atoms with E-state index in [9.17, 15) is 0 Å². The summed E-state index contributed by atoms with van der Waals surface area (Å²) in [6.45, 7) is 4.86. The van der Waals surface area contributed by atoms with E-state index >= 15 is 0 Å². The Labute approximate surface area is 322 Å². The summed E-state index contributed by atoms with van der Waals surface area (Å²) in [5.74, 6) is 3.57. The molecule has 1 nitrogen and oxygen atoms in total. The summed E-state index contributed by atoms with van der Waals surface area (Å²) in [6.07, 6.45) is 15.5. The lowest BCUT2D eigenvalue weighted by molar-refractivity contribution is -0.00518. The van der Waals surface area contributed by atoms with Crippen LogP contribution in [0, 0.1) is 17.8 Å². The highest BCUT2D eigenvalue weighted by Crippen LogP contribution is 2.61. The lowest BCUT2D eigenvalue weighted by atomic mass is 9.48. The van der Waals surface area contributed by atoms with Crippen molar-refractivity contribution in [3.63, 3.8) is 0 Å². The molecule has 5 fully saturated rings. The van der Waals surface area contributed by atoms with Gasteiger partial charge in [-0.05, 0) is 172 Å². The second kappa shape index (κ2) is 12.5. The molecule has 0 amide bonds. The van der Waals surface area contributed by atoms with Gasteiger partial charge >= 0.3 is 0 Å². The van der Waals surface area contributed by atoms with Gasteiger partial charge in [0.1, 0.15) is 0 Å². The van der Waals surface area contributed by atoms with Crippen LogP contribution in [-0.2, 0) is 10.8 Å². The van der Waals surface area contributed by atoms with Crippen molar-refractivity contribution in [2.45, 2.75) is 101 Å². The maximum atomic E-state index is 2.54. The summed E-state index contributed by atoms with van der Waals surface area (Å²) < 4.78 is 0. The first-order chi connectivity index (χ1) is 26.4. The van der Waals surface area contributed by atoms with Crippen LogP contribution in [-0.4, -0.2) is 0 Å². The van der Waals surface area contributed by atoms with Gasteiger partial charge in [0, 0.05) is 22.5 Å². The monoisotopic (exact) mass is 703 g/mol. The molecule has 6 aliphatic carbocycles. The van der Waals surface area contributed by atoms with Crippen molar-refractivity contribution < 1.29 is 0 Å². The molecule has 0 N–H and O–H groups in total. The Morgan fingerprint density at radius 1 is 0.519 bits per heavy atom. The van der Waals surface area contributed by atoms with Gasteiger partial charge in [-0.2, -0.15) is 0 Å². The zero-order valence-electron chi connectivity index (χ0n) is 32.2. The third kappa shape index (κ3) is 5.17. The second-order valence-corrected chi connectivity index (χ2v) is 18.6. The summed E-state index contributed by atoms with van der Waals surface area (Å²) in [4.78, 5) is 2.54. The molecule has 0 unspecified atom stereocenters. The topological polar surface area (TPSA) is 3.24 Å². The second-order valence-electron chi connectivity index (χ2n) is 18.6. The zero-order valence-corrected chi connectivity index (χ0v) is 32.2. The molecule has 0 atom stereocenters. The molecule has 0 saturated heterocycles. The number of rotatable bonds is 6. The van der Waals surface area contributed by atoms with E-state index in [0.717, 1.165) is 17.8 Å². The maximum absolute atomic E-state index is 2.54. The first-order valence-electron chi connectivity index (χ1n) is 21.2. The fourth-order valence-electron chi connectivity index (χ4n) is 12.8. The van der Waals surface area contributed by atoms with Gasteiger partial charge in [0.05, 0.1) is 0 Å². The van der Waals surface area contributed by atoms with Crippen molar-refractivity contribution >= 4 is 27.8 Å². The molecule has 1 heteroatoms. The van der Waals surface area contributed by atoms with Gasteiger partial charge in [-0.15, -0.1) is 0 Å². The molecule has 4 bridgehead atoms. The molecule has 0 aromatic heterocycles. The third-order valence-corrected chi connectivity index (χ3v) is 15.0. The molecule has 12 rings (SSSR count). The fraction of sp³-hybridized carbons (Fsp3) is 0.358. The van der Waals surface area contributed by atoms with Gasteiger partial charge in [-0.1, -0.05) is 124 Å². The quantitative estimate of drug-likeness (QED) is 0.167. The number of fused-ring (bicyclic) bond motifs is 4. The maximum Gasteiger partial charge on any atom is 0.0465 e. The van der Waals surface area contributed by atoms with Crippen LogP contribution in [0.5, 0.6) is 0 Å². The first kappa shape index (κ1) is 32.8. The Morgan fingerprint density at radius 2 is 1.13 bits per heavy atom. The Morgan fingerprint density at radius 3 is 1.85 bits per heavy atom. The van der Waals surface area contributed by atoms with Crippen LogP contribution in [0.3, 0.4) is 0 Å². The molecule has 5 saturated carbocycles. The molecule has 6 aliphatic rings. The van der Waals surface area contributed by atoms with Crippen LogP contribution in [0.25, 0.3) is 33.0 Å². The molecule has 0 radical (unpaired) electrons. The van der Waals surface area contributed by atoms with Crippen LogP contribution in [0.15, 0.2) is 127 Å². The summed E-state index contributed by atoms with van der Waals surface area (Å²) in [5.41, 5.74) is 15.4. The molecule has 54 heavy (non-hydrogen) atoms. The highest BCUT2D eigenvalue weighted by Gasteiger charge is 2.51. The molecule has 270 valence electrons. The third-order valence-electron chi connectivity index (χ3n) is 15.0. The van der Waals surface area contributed by atoms with Crippen LogP contribution < -0.4 is 4.90 Å². The largest absolute Gasteiger partial charge is 0.310 e. The van der Waals surface area contributed by atoms with Crippen LogP contribution in [0.2, 0.25) is 0 Å². The molecule has 0 aliphatic heterocycles. The standard InChI is InChI=1S/C53H53N/c1-52(2)49-17-9-16-47(46-15-8-13-40-12-6-7-14-45(40)46)51(49)48-27-26-44(31-50(48)52)54(42-22-18-39(19-23-42)38-10-4-3-5-11-38)43-24-20-41(21-25-43)53-32-35-28-36(33-53)30-37(29-35)34-53/h6-9,12-27,31,35-38H,3-5,10-11,28-30,32-34H2,1-2H3. The summed E-state index contributed by atoms with van der Waals surface area (Å²) in [7, 11) is 0. The van der Waals surface area contributed by atoms with Gasteiger partial charge in [0.15, 0.2) is 0 Å². The Balaban J connectivity index is 1.02. The minimum Gasteiger partial charge on any atom is -0.310 e. The number of anilines is 3. The molecule has 0 heterocycles. The molecule has 6 aromatic carbocycles. The lowest BCUT2D eigenvalue weighted by Crippen LogP contribution is -2.48. The van der Waals surface area contributed by atoms with Gasteiger partial charge < -0.3 is 4.90 Å². The normalized spacial score (nSPS) is 25.1. The summed E-state index contributed by atoms with van der Waals surface area (Å²) >= 11 is 0. The van der Waals surface area contributed by atoms with E-state index in [4.69, 9.17) is 0 Å². The predicted molar refractivity (Wildman–Crippen MR) is 227 cm³/mol. The van der Waals surface area contributed by atoms with Crippen LogP contribution in [0.1, 0.15) is 113 Å². The summed E-state index contributed by atoms with van der Waals surface area (Å²) in [5, 5.41) is 2.61. The average molecular weight is 704 g/mol. The van der Waals surface area contributed by atoms with E-state index in [1.807, 2.05) is 0 Å². The molecule has 0 spiro atoms. The van der Waals surface area contributed by atoms with E-state index < -0.39 is 0 Å². The summed E-state index contributed by atoms with van der Waals surface area (Å²) in [6, 6.07) is 49.5. The average Bonchev–Trinajstić information content (AvgIpc) is 3.44. The minimum absolute atomic E-state index is 0.125. The van der Waals surface area contributed by atoms with Gasteiger partial charge in [-0.25, -0.2) is 0 Å². The number of hydrogen-bond donors (Lipinski definition) is 0.